The van der Waals surface area contributed by atoms with Crippen molar-refractivity contribution >= 4 is 37.5 Å². The number of ether oxygens (including phenoxy) is 2. The quantitative estimate of drug-likeness (QED) is 0.437. The molecule has 0 saturated heterocycles. The van der Waals surface area contributed by atoms with Crippen LogP contribution in [0.4, 0.5) is 5.69 Å². The van der Waals surface area contributed by atoms with Crippen molar-refractivity contribution in [2.45, 2.75) is 36.8 Å². The summed E-state index contributed by atoms with van der Waals surface area (Å²) in [7, 11) is -2.41. The van der Waals surface area contributed by atoms with Crippen LogP contribution in [-0.2, 0) is 14.8 Å². The zero-order chi connectivity index (χ0) is 25.2. The van der Waals surface area contributed by atoms with Gasteiger partial charge in [-0.2, -0.15) is 0 Å². The lowest BCUT2D eigenvalue weighted by Crippen LogP contribution is -2.45. The Morgan fingerprint density at radius 2 is 1.86 bits per heavy atom. The van der Waals surface area contributed by atoms with Gasteiger partial charge in [0.2, 0.25) is 5.91 Å². The van der Waals surface area contributed by atoms with Gasteiger partial charge in [0.05, 0.1) is 23.7 Å². The van der Waals surface area contributed by atoms with Crippen LogP contribution in [0.2, 0.25) is 0 Å². The fraction of sp³-hybridized carbons (Fsp3) is 0.269. The minimum absolute atomic E-state index is 0.109. The Morgan fingerprint density at radius 1 is 1.11 bits per heavy atom. The number of benzene rings is 3. The Labute approximate surface area is 214 Å². The molecule has 3 aromatic rings. The van der Waals surface area contributed by atoms with E-state index in [2.05, 4.69) is 21.2 Å². The number of hydrogen-bond acceptors (Lipinski definition) is 5. The molecule has 1 heterocycles. The lowest BCUT2D eigenvalue weighted by atomic mass is 9.89. The largest absolute Gasteiger partial charge is 0.497 e. The lowest BCUT2D eigenvalue weighted by molar-refractivity contribution is -0.120. The molecule has 1 atom stereocenters. The van der Waals surface area contributed by atoms with Gasteiger partial charge in [-0.05, 0) is 56.3 Å². The van der Waals surface area contributed by atoms with E-state index in [-0.39, 0.29) is 17.5 Å². The van der Waals surface area contributed by atoms with E-state index >= 15 is 0 Å². The van der Waals surface area contributed by atoms with E-state index < -0.39 is 21.5 Å². The van der Waals surface area contributed by atoms with Crippen LogP contribution in [-0.4, -0.2) is 33.6 Å². The second kappa shape index (κ2) is 9.91. The van der Waals surface area contributed by atoms with E-state index in [4.69, 9.17) is 9.47 Å². The summed E-state index contributed by atoms with van der Waals surface area (Å²) in [4.78, 5) is 13.4. The monoisotopic (exact) mass is 558 g/mol. The first-order chi connectivity index (χ1) is 16.6. The predicted molar refractivity (Wildman–Crippen MR) is 138 cm³/mol. The molecule has 9 heteroatoms. The van der Waals surface area contributed by atoms with Gasteiger partial charge < -0.3 is 14.8 Å². The molecular formula is C26H27BrN2O5S. The molecule has 1 aliphatic heterocycles. The minimum Gasteiger partial charge on any atom is -0.497 e. The molecule has 1 unspecified atom stereocenters. The molecule has 184 valence electrons. The average molecular weight is 559 g/mol. The van der Waals surface area contributed by atoms with Crippen molar-refractivity contribution in [3.63, 3.8) is 0 Å². The molecule has 7 nitrogen and oxygen atoms in total. The standard InChI is InChI=1S/C26H27BrN2O5S/c1-26(2)16-23(22-13-12-20(33-3)15-24(22)34-26)28-25(30)17-29(19-9-7-8-18(27)14-19)35(31,32)21-10-5-4-6-11-21/h4-15,23H,16-17H2,1-3H3,(H,28,30). The fourth-order valence-corrected chi connectivity index (χ4v) is 5.95. The van der Waals surface area contributed by atoms with Gasteiger partial charge in [0.1, 0.15) is 23.6 Å². The molecule has 1 amide bonds. The Kier molecular flexibility index (Phi) is 7.10. The van der Waals surface area contributed by atoms with Gasteiger partial charge in [-0.15, -0.1) is 0 Å². The molecule has 4 rings (SSSR count). The SMILES string of the molecule is COc1ccc2c(c1)OC(C)(C)CC2NC(=O)CN(c1cccc(Br)c1)S(=O)(=O)c1ccccc1. The van der Waals surface area contributed by atoms with Crippen molar-refractivity contribution in [1.82, 2.24) is 5.32 Å². The Hall–Kier alpha value is -3.04. The van der Waals surface area contributed by atoms with Gasteiger partial charge in [0, 0.05) is 22.5 Å². The minimum atomic E-state index is -3.99. The first-order valence-electron chi connectivity index (χ1n) is 11.1. The maximum Gasteiger partial charge on any atom is 0.264 e. The maximum atomic E-state index is 13.5. The number of nitrogens with one attached hydrogen (secondary N) is 1. The number of amides is 1. The summed E-state index contributed by atoms with van der Waals surface area (Å²) >= 11 is 3.40. The maximum absolute atomic E-state index is 13.5. The number of sulfonamides is 1. The van der Waals surface area contributed by atoms with Crippen LogP contribution < -0.4 is 19.1 Å². The first-order valence-corrected chi connectivity index (χ1v) is 13.3. The van der Waals surface area contributed by atoms with Crippen LogP contribution in [0.5, 0.6) is 11.5 Å². The van der Waals surface area contributed by atoms with Gasteiger partial charge in [-0.1, -0.05) is 40.2 Å². The number of halogens is 1. The van der Waals surface area contributed by atoms with Gasteiger partial charge >= 0.3 is 0 Å². The number of hydrogen-bond donors (Lipinski definition) is 1. The summed E-state index contributed by atoms with van der Waals surface area (Å²) in [5, 5.41) is 3.03. The second-order valence-electron chi connectivity index (χ2n) is 8.89. The highest BCUT2D eigenvalue weighted by atomic mass is 79.9. The van der Waals surface area contributed by atoms with Gasteiger partial charge in [-0.25, -0.2) is 8.42 Å². The number of rotatable bonds is 7. The number of nitrogens with zero attached hydrogens (tertiary/aromatic N) is 1. The Bertz CT molecular complexity index is 1330. The van der Waals surface area contributed by atoms with Crippen molar-refractivity contribution in [3.05, 3.63) is 82.8 Å². The lowest BCUT2D eigenvalue weighted by Gasteiger charge is -2.38. The van der Waals surface area contributed by atoms with E-state index in [1.165, 1.54) is 12.1 Å². The summed E-state index contributed by atoms with van der Waals surface area (Å²) < 4.78 is 40.3. The normalized spacial score (nSPS) is 16.5. The summed E-state index contributed by atoms with van der Waals surface area (Å²) in [6.07, 6.45) is 0.528. The van der Waals surface area contributed by atoms with Crippen molar-refractivity contribution < 1.29 is 22.7 Å². The molecule has 0 fully saturated rings. The predicted octanol–water partition coefficient (Wildman–Crippen LogP) is 5.07. The molecule has 1 N–H and O–H groups in total. The van der Waals surface area contributed by atoms with E-state index in [1.54, 1.807) is 55.6 Å². The van der Waals surface area contributed by atoms with Crippen molar-refractivity contribution in [2.24, 2.45) is 0 Å². The van der Waals surface area contributed by atoms with Crippen molar-refractivity contribution in [2.75, 3.05) is 18.0 Å². The molecule has 0 radical (unpaired) electrons. The van der Waals surface area contributed by atoms with Crippen LogP contribution in [0, 0.1) is 0 Å². The van der Waals surface area contributed by atoms with Crippen molar-refractivity contribution in [1.29, 1.82) is 0 Å². The molecular weight excluding hydrogens is 532 g/mol. The van der Waals surface area contributed by atoms with Gasteiger partial charge in [-0.3, -0.25) is 9.10 Å². The van der Waals surface area contributed by atoms with Crippen molar-refractivity contribution in [3.8, 4) is 11.5 Å². The van der Waals surface area contributed by atoms with E-state index in [9.17, 15) is 13.2 Å². The third kappa shape index (κ3) is 5.62. The van der Waals surface area contributed by atoms with E-state index in [0.29, 0.717) is 28.1 Å². The third-order valence-corrected chi connectivity index (χ3v) is 8.01. The molecule has 0 saturated carbocycles. The van der Waals surface area contributed by atoms with Crippen LogP contribution in [0.25, 0.3) is 0 Å². The van der Waals surface area contributed by atoms with E-state index in [1.807, 2.05) is 26.0 Å². The summed E-state index contributed by atoms with van der Waals surface area (Å²) in [6, 6.07) is 20.1. The number of methoxy groups -OCH3 is 1. The Balaban J connectivity index is 1.64. The molecule has 35 heavy (non-hydrogen) atoms. The fourth-order valence-electron chi connectivity index (χ4n) is 4.12. The third-order valence-electron chi connectivity index (χ3n) is 5.73. The van der Waals surface area contributed by atoms with Crippen LogP contribution >= 0.6 is 15.9 Å². The zero-order valence-electron chi connectivity index (χ0n) is 19.7. The smallest absolute Gasteiger partial charge is 0.264 e. The molecule has 1 aliphatic rings. The average Bonchev–Trinajstić information content (AvgIpc) is 2.81. The Morgan fingerprint density at radius 3 is 2.54 bits per heavy atom. The van der Waals surface area contributed by atoms with Crippen LogP contribution in [0.15, 0.2) is 82.2 Å². The van der Waals surface area contributed by atoms with Crippen LogP contribution in [0.1, 0.15) is 31.9 Å². The van der Waals surface area contributed by atoms with Crippen LogP contribution in [0.3, 0.4) is 0 Å². The molecule has 0 bridgehead atoms. The highest BCUT2D eigenvalue weighted by molar-refractivity contribution is 9.10. The highest BCUT2D eigenvalue weighted by Crippen LogP contribution is 2.41. The second-order valence-corrected chi connectivity index (χ2v) is 11.7. The molecule has 0 spiro atoms. The number of carbonyl (C=O) groups is 1. The molecule has 3 aromatic carbocycles. The number of anilines is 1. The zero-order valence-corrected chi connectivity index (χ0v) is 22.1. The summed E-state index contributed by atoms with van der Waals surface area (Å²) in [5.41, 5.74) is 0.673. The number of carbonyl (C=O) groups excluding carboxylic acids is 1. The van der Waals surface area contributed by atoms with Gasteiger partial charge in [0.25, 0.3) is 10.0 Å². The highest BCUT2D eigenvalue weighted by Gasteiger charge is 2.36. The first kappa shape index (κ1) is 25.1. The topological polar surface area (TPSA) is 84.9 Å². The molecule has 0 aromatic heterocycles. The number of fused-ring (bicyclic) bond motifs is 1. The summed E-state index contributed by atoms with van der Waals surface area (Å²) in [6.45, 7) is 3.52. The van der Waals surface area contributed by atoms with Gasteiger partial charge in [0.15, 0.2) is 0 Å². The van der Waals surface area contributed by atoms with E-state index in [0.717, 1.165) is 9.87 Å². The molecule has 0 aliphatic carbocycles. The summed E-state index contributed by atoms with van der Waals surface area (Å²) in [5.74, 6) is 0.863.